The summed E-state index contributed by atoms with van der Waals surface area (Å²) >= 11 is 5.59. The molecular weight excluding hydrogens is 184 g/mol. The summed E-state index contributed by atoms with van der Waals surface area (Å²) < 4.78 is 4.75. The van der Waals surface area contributed by atoms with Gasteiger partial charge in [0.2, 0.25) is 6.35 Å². The van der Waals surface area contributed by atoms with E-state index in [-0.39, 0.29) is 11.6 Å². The standard InChI is InChI=1S/C6H9ClN2O3/c1-12-2-3-4(7)5(10)9-6(11)8-3/h6,8,11H,2H2,1H3,(H,9,10). The van der Waals surface area contributed by atoms with Gasteiger partial charge < -0.3 is 20.5 Å². The molecule has 0 aliphatic carbocycles. The number of rotatable bonds is 2. The maximum atomic E-state index is 10.9. The number of methoxy groups -OCH3 is 1. The van der Waals surface area contributed by atoms with Gasteiger partial charge in [0.05, 0.1) is 12.3 Å². The summed E-state index contributed by atoms with van der Waals surface area (Å²) in [6.07, 6.45) is -1.09. The van der Waals surface area contributed by atoms with Crippen molar-refractivity contribution in [2.75, 3.05) is 13.7 Å². The second-order valence-corrected chi connectivity index (χ2v) is 2.62. The van der Waals surface area contributed by atoms with Crippen LogP contribution in [0.25, 0.3) is 0 Å². The molecule has 1 heterocycles. The molecule has 0 radical (unpaired) electrons. The summed E-state index contributed by atoms with van der Waals surface area (Å²) in [6, 6.07) is 0. The second kappa shape index (κ2) is 3.75. The topological polar surface area (TPSA) is 70.6 Å². The van der Waals surface area contributed by atoms with Crippen LogP contribution in [-0.4, -0.2) is 31.1 Å². The number of hydrogen-bond donors (Lipinski definition) is 3. The highest BCUT2D eigenvalue weighted by Crippen LogP contribution is 2.11. The van der Waals surface area contributed by atoms with Crippen LogP contribution in [0.1, 0.15) is 0 Å². The third kappa shape index (κ3) is 1.88. The summed E-state index contributed by atoms with van der Waals surface area (Å²) in [7, 11) is 1.47. The van der Waals surface area contributed by atoms with Crippen LogP contribution in [0.3, 0.4) is 0 Å². The van der Waals surface area contributed by atoms with E-state index >= 15 is 0 Å². The number of aliphatic hydroxyl groups excluding tert-OH is 1. The molecule has 6 heteroatoms. The van der Waals surface area contributed by atoms with Gasteiger partial charge in [-0.25, -0.2) is 0 Å². The number of halogens is 1. The number of amides is 1. The lowest BCUT2D eigenvalue weighted by molar-refractivity contribution is -0.121. The third-order valence-electron chi connectivity index (χ3n) is 1.33. The first-order valence-corrected chi connectivity index (χ1v) is 3.66. The minimum Gasteiger partial charge on any atom is -0.378 e. The molecule has 0 aromatic rings. The summed E-state index contributed by atoms with van der Waals surface area (Å²) in [4.78, 5) is 10.9. The third-order valence-corrected chi connectivity index (χ3v) is 1.73. The lowest BCUT2D eigenvalue weighted by atomic mass is 10.3. The minimum absolute atomic E-state index is 0.0159. The fourth-order valence-electron chi connectivity index (χ4n) is 0.838. The Kier molecular flexibility index (Phi) is 2.91. The molecule has 0 saturated heterocycles. The molecule has 0 saturated carbocycles. The molecule has 1 atom stereocenters. The van der Waals surface area contributed by atoms with Crippen molar-refractivity contribution in [1.29, 1.82) is 0 Å². The van der Waals surface area contributed by atoms with E-state index in [2.05, 4.69) is 10.6 Å². The number of hydrogen-bond acceptors (Lipinski definition) is 4. The molecule has 1 aliphatic heterocycles. The van der Waals surface area contributed by atoms with E-state index in [0.717, 1.165) is 0 Å². The van der Waals surface area contributed by atoms with Gasteiger partial charge in [0, 0.05) is 7.11 Å². The van der Waals surface area contributed by atoms with Crippen LogP contribution in [0.5, 0.6) is 0 Å². The summed E-state index contributed by atoms with van der Waals surface area (Å²) in [5.74, 6) is -0.505. The van der Waals surface area contributed by atoms with Crippen molar-refractivity contribution in [2.24, 2.45) is 0 Å². The molecule has 1 rings (SSSR count). The molecule has 0 aromatic heterocycles. The first kappa shape index (κ1) is 9.31. The Morgan fingerprint density at radius 1 is 1.67 bits per heavy atom. The average Bonchev–Trinajstić information content (AvgIpc) is 2.00. The lowest BCUT2D eigenvalue weighted by Crippen LogP contribution is -2.50. The largest absolute Gasteiger partial charge is 0.378 e. The van der Waals surface area contributed by atoms with Gasteiger partial charge in [0.1, 0.15) is 5.03 Å². The van der Waals surface area contributed by atoms with Crippen molar-refractivity contribution >= 4 is 17.5 Å². The molecule has 1 unspecified atom stereocenters. The first-order valence-electron chi connectivity index (χ1n) is 3.28. The molecule has 0 bridgehead atoms. The highest BCUT2D eigenvalue weighted by molar-refractivity contribution is 6.42. The van der Waals surface area contributed by atoms with Crippen LogP contribution in [-0.2, 0) is 9.53 Å². The van der Waals surface area contributed by atoms with Crippen molar-refractivity contribution in [3.8, 4) is 0 Å². The smallest absolute Gasteiger partial charge is 0.268 e. The molecule has 0 spiro atoms. The van der Waals surface area contributed by atoms with Gasteiger partial charge in [-0.05, 0) is 0 Å². The van der Waals surface area contributed by atoms with Crippen LogP contribution in [0, 0.1) is 0 Å². The van der Waals surface area contributed by atoms with Crippen LogP contribution < -0.4 is 10.6 Å². The van der Waals surface area contributed by atoms with Crippen LogP contribution in [0.2, 0.25) is 0 Å². The normalized spacial score (nSPS) is 23.6. The number of aliphatic hydroxyl groups is 1. The predicted molar refractivity (Wildman–Crippen MR) is 42.0 cm³/mol. The molecule has 12 heavy (non-hydrogen) atoms. The molecule has 0 fully saturated rings. The van der Waals surface area contributed by atoms with Gasteiger partial charge in [-0.15, -0.1) is 0 Å². The molecule has 0 aromatic carbocycles. The van der Waals surface area contributed by atoms with Crippen molar-refractivity contribution in [3.63, 3.8) is 0 Å². The van der Waals surface area contributed by atoms with Crippen LogP contribution in [0.15, 0.2) is 10.7 Å². The monoisotopic (exact) mass is 192 g/mol. The van der Waals surface area contributed by atoms with Gasteiger partial charge in [0.25, 0.3) is 5.91 Å². The summed E-state index contributed by atoms with van der Waals surface area (Å²) in [5, 5.41) is 13.7. The highest BCUT2D eigenvalue weighted by Gasteiger charge is 2.22. The molecular formula is C6H9ClN2O3. The summed E-state index contributed by atoms with van der Waals surface area (Å²) in [6.45, 7) is 0.170. The predicted octanol–water partition coefficient (Wildman–Crippen LogP) is -0.921. The van der Waals surface area contributed by atoms with Crippen LogP contribution in [0.4, 0.5) is 0 Å². The average molecular weight is 193 g/mol. The van der Waals surface area contributed by atoms with E-state index in [1.807, 2.05) is 0 Å². The molecule has 1 aliphatic rings. The number of ether oxygens (including phenoxy) is 1. The maximum absolute atomic E-state index is 10.9. The zero-order chi connectivity index (χ0) is 9.14. The Hall–Kier alpha value is -0.780. The zero-order valence-electron chi connectivity index (χ0n) is 6.43. The summed E-state index contributed by atoms with van der Waals surface area (Å²) in [5.41, 5.74) is 0.385. The molecule has 5 nitrogen and oxygen atoms in total. The first-order chi connectivity index (χ1) is 5.65. The Balaban J connectivity index is 2.78. The molecule has 3 N–H and O–H groups in total. The highest BCUT2D eigenvalue weighted by atomic mass is 35.5. The molecule has 68 valence electrons. The SMILES string of the molecule is COCC1=C(Cl)C(=O)NC(O)N1. The fraction of sp³-hybridized carbons (Fsp3) is 0.500. The van der Waals surface area contributed by atoms with Crippen molar-refractivity contribution in [1.82, 2.24) is 10.6 Å². The molecule has 1 amide bonds. The van der Waals surface area contributed by atoms with Crippen molar-refractivity contribution in [3.05, 3.63) is 10.7 Å². The van der Waals surface area contributed by atoms with Crippen molar-refractivity contribution in [2.45, 2.75) is 6.35 Å². The van der Waals surface area contributed by atoms with E-state index in [1.54, 1.807) is 0 Å². The Morgan fingerprint density at radius 2 is 2.33 bits per heavy atom. The minimum atomic E-state index is -1.09. The fourth-order valence-corrected chi connectivity index (χ4v) is 1.00. The maximum Gasteiger partial charge on any atom is 0.268 e. The van der Waals surface area contributed by atoms with Gasteiger partial charge in [0.15, 0.2) is 0 Å². The Morgan fingerprint density at radius 3 is 2.92 bits per heavy atom. The van der Waals surface area contributed by atoms with E-state index in [9.17, 15) is 4.79 Å². The quantitative estimate of drug-likeness (QED) is 0.529. The van der Waals surface area contributed by atoms with Gasteiger partial charge in [-0.3, -0.25) is 4.79 Å². The van der Waals surface area contributed by atoms with Gasteiger partial charge >= 0.3 is 0 Å². The number of nitrogens with one attached hydrogen (secondary N) is 2. The van der Waals surface area contributed by atoms with E-state index < -0.39 is 12.3 Å². The Labute approximate surface area is 74.3 Å². The van der Waals surface area contributed by atoms with E-state index in [0.29, 0.717) is 5.70 Å². The van der Waals surface area contributed by atoms with Gasteiger partial charge in [-0.2, -0.15) is 0 Å². The van der Waals surface area contributed by atoms with Gasteiger partial charge in [-0.1, -0.05) is 11.6 Å². The Bertz CT molecular complexity index is 229. The second-order valence-electron chi connectivity index (χ2n) is 2.25. The zero-order valence-corrected chi connectivity index (χ0v) is 7.18. The lowest BCUT2D eigenvalue weighted by Gasteiger charge is -2.23. The van der Waals surface area contributed by atoms with Crippen LogP contribution >= 0.6 is 11.6 Å². The number of carbonyl (C=O) groups excluding carboxylic acids is 1. The van der Waals surface area contributed by atoms with E-state index in [4.69, 9.17) is 21.4 Å². The van der Waals surface area contributed by atoms with Crippen molar-refractivity contribution < 1.29 is 14.6 Å². The van der Waals surface area contributed by atoms with E-state index in [1.165, 1.54) is 7.11 Å². The number of carbonyl (C=O) groups is 1.